The predicted octanol–water partition coefficient (Wildman–Crippen LogP) is -2.55. The summed E-state index contributed by atoms with van der Waals surface area (Å²) in [5, 5.41) is 54.5. The lowest BCUT2D eigenvalue weighted by molar-refractivity contribution is -0.141. The molecule has 15 heteroatoms. The van der Waals surface area contributed by atoms with Crippen LogP contribution >= 0.6 is 11.8 Å². The molecule has 3 heterocycles. The number of carbonyl (C=O) groups is 2. The molecule has 0 bridgehead atoms. The summed E-state index contributed by atoms with van der Waals surface area (Å²) < 4.78 is 6.92. The summed E-state index contributed by atoms with van der Waals surface area (Å²) in [5.74, 6) is -1.11. The van der Waals surface area contributed by atoms with Gasteiger partial charge in [0.05, 0.1) is 25.3 Å². The Balaban J connectivity index is 1.80. The lowest BCUT2D eigenvalue weighted by Crippen LogP contribution is -2.59. The lowest BCUT2D eigenvalue weighted by Gasteiger charge is -2.34. The largest absolute Gasteiger partial charge is 0.480 e. The number of carbonyl (C=O) groups excluding carboxylic acids is 1. The van der Waals surface area contributed by atoms with E-state index in [1.165, 1.54) is 24.0 Å². The number of anilines is 1. The van der Waals surface area contributed by atoms with Crippen molar-refractivity contribution in [2.45, 2.75) is 48.7 Å². The van der Waals surface area contributed by atoms with E-state index in [2.05, 4.69) is 25.9 Å². The first-order valence-electron chi connectivity index (χ1n) is 9.20. The van der Waals surface area contributed by atoms with Gasteiger partial charge in [0, 0.05) is 0 Å². The fourth-order valence-corrected chi connectivity index (χ4v) is 3.74. The van der Waals surface area contributed by atoms with Gasteiger partial charge in [0.1, 0.15) is 29.8 Å². The van der Waals surface area contributed by atoms with Crippen molar-refractivity contribution in [3.05, 3.63) is 12.0 Å². The summed E-state index contributed by atoms with van der Waals surface area (Å²) >= 11 is 1.07. The minimum Gasteiger partial charge on any atom is -0.480 e. The number of nitrogens with zero attached hydrogens (tertiary/aromatic N) is 3. The summed E-state index contributed by atoms with van der Waals surface area (Å²) in [4.78, 5) is 32.0. The molecule has 31 heavy (non-hydrogen) atoms. The number of aromatic nitrogens is 2. The second-order valence-electron chi connectivity index (χ2n) is 7.00. The molecule has 3 unspecified atom stereocenters. The number of hydrogen-bond donors (Lipinski definition) is 8. The Morgan fingerprint density at radius 1 is 1.42 bits per heavy atom. The van der Waals surface area contributed by atoms with Gasteiger partial charge in [0.15, 0.2) is 12.3 Å². The van der Waals surface area contributed by atoms with Crippen LogP contribution < -0.4 is 16.0 Å². The van der Waals surface area contributed by atoms with E-state index >= 15 is 0 Å². The molecular weight excluding hydrogens is 436 g/mol. The zero-order valence-electron chi connectivity index (χ0n) is 16.5. The zero-order chi connectivity index (χ0) is 22.9. The fourth-order valence-electron chi connectivity index (χ4n) is 3.18. The van der Waals surface area contributed by atoms with Crippen LogP contribution in [0.5, 0.6) is 0 Å². The van der Waals surface area contributed by atoms with Crippen molar-refractivity contribution in [3.8, 4) is 0 Å². The molecule has 1 aromatic heterocycles. The molecule has 172 valence electrons. The zero-order valence-corrected chi connectivity index (χ0v) is 17.4. The van der Waals surface area contributed by atoms with Gasteiger partial charge in [-0.25, -0.2) is 19.6 Å². The van der Waals surface area contributed by atoms with Crippen LogP contribution in [0.25, 0.3) is 0 Å². The first-order valence-corrected chi connectivity index (χ1v) is 10.4. The highest BCUT2D eigenvalue weighted by Gasteiger charge is 2.45. The Labute approximate surface area is 180 Å². The summed E-state index contributed by atoms with van der Waals surface area (Å²) in [6, 6.07) is -2.44. The van der Waals surface area contributed by atoms with Gasteiger partial charge in [-0.3, -0.25) is 9.88 Å². The number of rotatable bonds is 7. The molecule has 7 atom stereocenters. The van der Waals surface area contributed by atoms with Crippen LogP contribution in [0, 0.1) is 0 Å². The maximum atomic E-state index is 12.4. The van der Waals surface area contributed by atoms with Gasteiger partial charge in [-0.2, -0.15) is 0 Å². The van der Waals surface area contributed by atoms with Crippen LogP contribution in [-0.4, -0.2) is 102 Å². The average Bonchev–Trinajstić information content (AvgIpc) is 3.26. The van der Waals surface area contributed by atoms with Gasteiger partial charge in [-0.05, 0) is 13.2 Å². The molecule has 2 aliphatic heterocycles. The van der Waals surface area contributed by atoms with E-state index in [-0.39, 0.29) is 0 Å². The SMILES string of the molecule is CSC1(NC(=O)NC(C(=O)O)C(C)O)N=Cc2ncn([C@@H]3O[C@H](CO)[C@@H](O)[C@H]3O)c2N1. The number of fused-ring (bicyclic) bond motifs is 1. The summed E-state index contributed by atoms with van der Waals surface area (Å²) in [7, 11) is 0. The first kappa shape index (κ1) is 23.2. The van der Waals surface area contributed by atoms with Gasteiger partial charge >= 0.3 is 12.0 Å². The van der Waals surface area contributed by atoms with E-state index in [0.29, 0.717) is 11.5 Å². The van der Waals surface area contributed by atoms with Crippen molar-refractivity contribution < 1.29 is 39.9 Å². The van der Waals surface area contributed by atoms with Gasteiger partial charge in [0.25, 0.3) is 5.12 Å². The van der Waals surface area contributed by atoms with Crippen molar-refractivity contribution in [1.29, 1.82) is 0 Å². The van der Waals surface area contributed by atoms with Crippen LogP contribution in [0.3, 0.4) is 0 Å². The minimum atomic E-state index is -1.54. The second-order valence-corrected chi connectivity index (χ2v) is 8.00. The van der Waals surface area contributed by atoms with Crippen LogP contribution in [0.15, 0.2) is 11.3 Å². The second kappa shape index (κ2) is 8.97. The van der Waals surface area contributed by atoms with Crippen molar-refractivity contribution in [2.75, 3.05) is 18.2 Å². The van der Waals surface area contributed by atoms with E-state index in [4.69, 9.17) is 9.84 Å². The number of thioether (sulfide) groups is 1. The first-order chi connectivity index (χ1) is 14.6. The number of urea groups is 1. The number of aliphatic hydroxyl groups excluding tert-OH is 4. The van der Waals surface area contributed by atoms with E-state index in [1.807, 2.05) is 0 Å². The summed E-state index contributed by atoms with van der Waals surface area (Å²) in [6.45, 7) is 0.733. The molecule has 2 amide bonds. The molecule has 1 saturated heterocycles. The number of imidazole rings is 1. The fraction of sp³-hybridized carbons (Fsp3) is 0.625. The Morgan fingerprint density at radius 2 is 2.13 bits per heavy atom. The van der Waals surface area contributed by atoms with Crippen molar-refractivity contribution in [2.24, 2.45) is 4.99 Å². The highest BCUT2D eigenvalue weighted by molar-refractivity contribution is 8.00. The van der Waals surface area contributed by atoms with Crippen molar-refractivity contribution >= 4 is 35.8 Å². The molecule has 8 N–H and O–H groups in total. The van der Waals surface area contributed by atoms with Crippen LogP contribution in [0.4, 0.5) is 10.6 Å². The third-order valence-corrected chi connectivity index (χ3v) is 5.78. The Hall–Kier alpha value is -2.43. The minimum absolute atomic E-state index is 0.296. The monoisotopic (exact) mass is 460 g/mol. The van der Waals surface area contributed by atoms with E-state index in [0.717, 1.165) is 11.8 Å². The number of carboxylic acid groups (broad SMARTS) is 1. The smallest absolute Gasteiger partial charge is 0.328 e. The van der Waals surface area contributed by atoms with Crippen LogP contribution in [-0.2, 0) is 9.53 Å². The number of aliphatic imine (C=N–C) groups is 1. The molecule has 1 aromatic rings. The van der Waals surface area contributed by atoms with Gasteiger partial charge in [-0.15, -0.1) is 0 Å². The highest BCUT2D eigenvalue weighted by Crippen LogP contribution is 2.36. The van der Waals surface area contributed by atoms with Crippen molar-refractivity contribution in [1.82, 2.24) is 20.2 Å². The van der Waals surface area contributed by atoms with E-state index in [9.17, 15) is 30.0 Å². The highest BCUT2D eigenvalue weighted by atomic mass is 32.2. The molecule has 0 spiro atoms. The third-order valence-electron chi connectivity index (χ3n) is 4.88. The summed E-state index contributed by atoms with van der Waals surface area (Å²) in [6.07, 6.45) is -1.72. The van der Waals surface area contributed by atoms with Crippen LogP contribution in [0.2, 0.25) is 0 Å². The molecule has 3 rings (SSSR count). The molecule has 0 saturated carbocycles. The number of hydrogen-bond acceptors (Lipinski definition) is 11. The van der Waals surface area contributed by atoms with Gasteiger partial charge < -0.3 is 40.9 Å². The summed E-state index contributed by atoms with van der Waals surface area (Å²) in [5.41, 5.74) is 0.358. The number of aliphatic hydroxyl groups is 4. The molecule has 0 aromatic carbocycles. The third kappa shape index (κ3) is 4.46. The predicted molar refractivity (Wildman–Crippen MR) is 107 cm³/mol. The number of ether oxygens (including phenoxy) is 1. The maximum Gasteiger partial charge on any atom is 0.328 e. The molecule has 14 nitrogen and oxygen atoms in total. The number of carboxylic acids is 1. The van der Waals surface area contributed by atoms with E-state index < -0.39 is 60.4 Å². The van der Waals surface area contributed by atoms with Crippen molar-refractivity contribution in [3.63, 3.8) is 0 Å². The molecule has 0 radical (unpaired) electrons. The normalized spacial score (nSPS) is 31.4. The number of nitrogens with one attached hydrogen (secondary N) is 3. The van der Waals surface area contributed by atoms with Crippen LogP contribution in [0.1, 0.15) is 18.8 Å². The molecular formula is C16H24N6O8S. The quantitative estimate of drug-likeness (QED) is 0.198. The molecule has 0 aliphatic carbocycles. The average molecular weight is 460 g/mol. The Bertz CT molecular complexity index is 865. The van der Waals surface area contributed by atoms with E-state index in [1.54, 1.807) is 6.26 Å². The topological polar surface area (TPSA) is 211 Å². The number of amides is 2. The van der Waals surface area contributed by atoms with Gasteiger partial charge in [0.2, 0.25) is 0 Å². The lowest BCUT2D eigenvalue weighted by atomic mass is 10.1. The number of aliphatic carboxylic acids is 1. The Morgan fingerprint density at radius 3 is 2.68 bits per heavy atom. The molecule has 1 fully saturated rings. The molecule has 2 aliphatic rings. The van der Waals surface area contributed by atoms with Gasteiger partial charge in [-0.1, -0.05) is 11.8 Å². The standard InChI is InChI=1S/C16H24N6O8S/c1-6(24)9(14(27)28)19-15(29)21-16(31-2)18-3-7-12(20-16)22(5-17-7)13-11(26)10(25)8(4-23)30-13/h3,5-6,8-11,13,20,23-26H,4H2,1-2H3,(H,27,28)(H2,19,21,29)/t6?,8-,9?,10-,11-,13-,16?/m1/s1. The Kier molecular flexibility index (Phi) is 6.73. The maximum absolute atomic E-state index is 12.4.